The smallest absolute Gasteiger partial charge is 0.227 e. The number of hydrogen-bond acceptors (Lipinski definition) is 3. The Morgan fingerprint density at radius 1 is 1.47 bits per heavy atom. The first-order valence-corrected chi connectivity index (χ1v) is 6.59. The van der Waals surface area contributed by atoms with E-state index in [0.29, 0.717) is 19.1 Å². The Hall–Kier alpha value is -0.610. The van der Waals surface area contributed by atoms with Crippen LogP contribution in [0.1, 0.15) is 27.2 Å². The zero-order valence-electron chi connectivity index (χ0n) is 11.5. The molecule has 1 heterocycles. The molecule has 0 spiro atoms. The fourth-order valence-corrected chi connectivity index (χ4v) is 2.36. The summed E-state index contributed by atoms with van der Waals surface area (Å²) in [6.45, 7) is 9.21. The zero-order valence-corrected chi connectivity index (χ0v) is 11.5. The molecule has 1 amide bonds. The van der Waals surface area contributed by atoms with Gasteiger partial charge in [-0.05, 0) is 19.4 Å². The molecule has 1 N–H and O–H groups in total. The molecule has 1 fully saturated rings. The lowest BCUT2D eigenvalue weighted by Gasteiger charge is -2.38. The quantitative estimate of drug-likeness (QED) is 0.785. The van der Waals surface area contributed by atoms with Crippen LogP contribution in [0.5, 0.6) is 0 Å². The summed E-state index contributed by atoms with van der Waals surface area (Å²) in [5.41, 5.74) is 0. The Morgan fingerprint density at radius 3 is 2.76 bits per heavy atom. The van der Waals surface area contributed by atoms with E-state index in [-0.39, 0.29) is 17.9 Å². The summed E-state index contributed by atoms with van der Waals surface area (Å²) in [7, 11) is 1.88. The van der Waals surface area contributed by atoms with Gasteiger partial charge in [-0.2, -0.15) is 0 Å². The van der Waals surface area contributed by atoms with Gasteiger partial charge in [-0.25, -0.2) is 0 Å². The van der Waals surface area contributed by atoms with Crippen LogP contribution in [0.25, 0.3) is 0 Å². The molecule has 1 aliphatic rings. The fourth-order valence-electron chi connectivity index (χ4n) is 2.36. The van der Waals surface area contributed by atoms with Crippen LogP contribution in [0, 0.1) is 11.8 Å². The number of amides is 1. The Morgan fingerprint density at radius 2 is 2.18 bits per heavy atom. The van der Waals surface area contributed by atoms with Gasteiger partial charge in [0.15, 0.2) is 0 Å². The number of nitrogens with zero attached hydrogens (tertiary/aromatic N) is 1. The average Bonchev–Trinajstić information content (AvgIpc) is 2.28. The molecule has 0 bridgehead atoms. The maximum absolute atomic E-state index is 12.3. The van der Waals surface area contributed by atoms with Crippen LogP contribution in [0.4, 0.5) is 0 Å². The molecule has 2 unspecified atom stereocenters. The van der Waals surface area contributed by atoms with Crippen molar-refractivity contribution >= 4 is 5.91 Å². The van der Waals surface area contributed by atoms with Crippen LogP contribution < -0.4 is 5.32 Å². The zero-order chi connectivity index (χ0) is 12.8. The molecule has 1 rings (SSSR count). The Balaban J connectivity index is 2.60. The van der Waals surface area contributed by atoms with Crippen molar-refractivity contribution < 1.29 is 9.53 Å². The summed E-state index contributed by atoms with van der Waals surface area (Å²) in [6, 6.07) is 0.260. The van der Waals surface area contributed by atoms with E-state index in [0.717, 1.165) is 19.5 Å². The van der Waals surface area contributed by atoms with E-state index in [4.69, 9.17) is 4.74 Å². The van der Waals surface area contributed by atoms with E-state index in [1.54, 1.807) is 0 Å². The number of hydrogen-bond donors (Lipinski definition) is 1. The molecular formula is C13H26N2O2. The molecule has 0 aromatic heterocycles. The summed E-state index contributed by atoms with van der Waals surface area (Å²) in [5, 5.41) is 3.06. The Kier molecular flexibility index (Phi) is 5.92. The molecule has 1 aliphatic heterocycles. The van der Waals surface area contributed by atoms with Crippen molar-refractivity contribution in [3.05, 3.63) is 0 Å². The molecule has 0 saturated carbocycles. The van der Waals surface area contributed by atoms with Crippen LogP contribution in [0.2, 0.25) is 0 Å². The first-order valence-electron chi connectivity index (χ1n) is 6.59. The summed E-state index contributed by atoms with van der Waals surface area (Å²) in [6.07, 6.45) is 1.03. The van der Waals surface area contributed by atoms with Gasteiger partial charge >= 0.3 is 0 Å². The van der Waals surface area contributed by atoms with Crippen LogP contribution in [-0.4, -0.2) is 50.2 Å². The van der Waals surface area contributed by atoms with E-state index in [9.17, 15) is 4.79 Å². The molecule has 2 atom stereocenters. The Bertz CT molecular complexity index is 244. The lowest BCUT2D eigenvalue weighted by atomic mass is 10.00. The maximum atomic E-state index is 12.3. The minimum absolute atomic E-state index is 0.0489. The molecule has 17 heavy (non-hydrogen) atoms. The molecular weight excluding hydrogens is 216 g/mol. The molecule has 0 aliphatic carbocycles. The second-order valence-corrected chi connectivity index (χ2v) is 5.35. The third-order valence-electron chi connectivity index (χ3n) is 3.19. The van der Waals surface area contributed by atoms with Crippen LogP contribution in [0.15, 0.2) is 0 Å². The van der Waals surface area contributed by atoms with Crippen molar-refractivity contribution in [3.8, 4) is 0 Å². The monoisotopic (exact) mass is 242 g/mol. The first kappa shape index (κ1) is 14.5. The van der Waals surface area contributed by atoms with Gasteiger partial charge in [0.1, 0.15) is 0 Å². The van der Waals surface area contributed by atoms with E-state index in [2.05, 4.69) is 19.2 Å². The number of rotatable bonds is 5. The second kappa shape index (κ2) is 6.97. The van der Waals surface area contributed by atoms with Gasteiger partial charge in [0.2, 0.25) is 5.91 Å². The van der Waals surface area contributed by atoms with E-state index in [1.807, 2.05) is 18.9 Å². The number of morpholine rings is 1. The highest BCUT2D eigenvalue weighted by molar-refractivity contribution is 5.79. The first-order chi connectivity index (χ1) is 8.06. The minimum Gasteiger partial charge on any atom is -0.377 e. The van der Waals surface area contributed by atoms with Crippen molar-refractivity contribution in [2.45, 2.75) is 33.2 Å². The van der Waals surface area contributed by atoms with E-state index >= 15 is 0 Å². The van der Waals surface area contributed by atoms with Gasteiger partial charge in [0, 0.05) is 19.0 Å². The van der Waals surface area contributed by atoms with Gasteiger partial charge in [-0.1, -0.05) is 20.8 Å². The summed E-state index contributed by atoms with van der Waals surface area (Å²) in [5.74, 6) is 0.901. The van der Waals surface area contributed by atoms with Crippen LogP contribution >= 0.6 is 0 Å². The molecule has 4 heteroatoms. The van der Waals surface area contributed by atoms with Crippen molar-refractivity contribution in [3.63, 3.8) is 0 Å². The third kappa shape index (κ3) is 4.28. The molecule has 0 aromatic carbocycles. The van der Waals surface area contributed by atoms with Crippen molar-refractivity contribution in [1.82, 2.24) is 10.2 Å². The summed E-state index contributed by atoms with van der Waals surface area (Å²) in [4.78, 5) is 14.3. The van der Waals surface area contributed by atoms with Gasteiger partial charge in [-0.15, -0.1) is 0 Å². The lowest BCUT2D eigenvalue weighted by molar-refractivity contribution is -0.144. The Labute approximate surface area is 105 Å². The van der Waals surface area contributed by atoms with Gasteiger partial charge in [0.25, 0.3) is 0 Å². The largest absolute Gasteiger partial charge is 0.377 e. The average molecular weight is 242 g/mol. The molecule has 4 nitrogen and oxygen atoms in total. The summed E-state index contributed by atoms with van der Waals surface area (Å²) < 4.78 is 5.49. The van der Waals surface area contributed by atoms with Gasteiger partial charge < -0.3 is 15.0 Å². The fraction of sp³-hybridized carbons (Fsp3) is 0.923. The molecule has 0 aromatic rings. The molecule has 0 radical (unpaired) electrons. The standard InChI is InChI=1S/C13H26N2O2/c1-10(2)7-12-9-17-6-5-15(12)13(16)11(3)8-14-4/h10-12,14H,5-9H2,1-4H3. The van der Waals surface area contributed by atoms with Crippen molar-refractivity contribution in [2.75, 3.05) is 33.4 Å². The van der Waals surface area contributed by atoms with E-state index in [1.165, 1.54) is 0 Å². The van der Waals surface area contributed by atoms with E-state index < -0.39 is 0 Å². The number of carbonyl (C=O) groups is 1. The topological polar surface area (TPSA) is 41.6 Å². The van der Waals surface area contributed by atoms with Crippen molar-refractivity contribution in [2.24, 2.45) is 11.8 Å². The highest BCUT2D eigenvalue weighted by Crippen LogP contribution is 2.17. The highest BCUT2D eigenvalue weighted by Gasteiger charge is 2.30. The van der Waals surface area contributed by atoms with Gasteiger partial charge in [-0.3, -0.25) is 4.79 Å². The minimum atomic E-state index is 0.0489. The molecule has 1 saturated heterocycles. The summed E-state index contributed by atoms with van der Waals surface area (Å²) >= 11 is 0. The predicted octanol–water partition coefficient (Wildman–Crippen LogP) is 1.12. The SMILES string of the molecule is CNCC(C)C(=O)N1CCOCC1CC(C)C. The van der Waals surface area contributed by atoms with Crippen LogP contribution in [-0.2, 0) is 9.53 Å². The highest BCUT2D eigenvalue weighted by atomic mass is 16.5. The number of ether oxygens (including phenoxy) is 1. The van der Waals surface area contributed by atoms with Gasteiger partial charge in [0.05, 0.1) is 19.3 Å². The normalized spacial score (nSPS) is 22.9. The maximum Gasteiger partial charge on any atom is 0.227 e. The third-order valence-corrected chi connectivity index (χ3v) is 3.19. The van der Waals surface area contributed by atoms with Crippen LogP contribution in [0.3, 0.4) is 0 Å². The predicted molar refractivity (Wildman–Crippen MR) is 68.9 cm³/mol. The molecule has 100 valence electrons. The number of carbonyl (C=O) groups excluding carboxylic acids is 1. The van der Waals surface area contributed by atoms with Crippen molar-refractivity contribution in [1.29, 1.82) is 0 Å². The lowest BCUT2D eigenvalue weighted by Crippen LogP contribution is -2.51. The second-order valence-electron chi connectivity index (χ2n) is 5.35. The number of nitrogens with one attached hydrogen (secondary N) is 1.